The van der Waals surface area contributed by atoms with Gasteiger partial charge in [0.05, 0.1) is 23.8 Å². The van der Waals surface area contributed by atoms with Crippen LogP contribution in [0.2, 0.25) is 0 Å². The second-order valence-corrected chi connectivity index (χ2v) is 8.86. The summed E-state index contributed by atoms with van der Waals surface area (Å²) in [6.07, 6.45) is 3.41. The monoisotopic (exact) mass is 510 g/mol. The molecule has 0 amide bonds. The van der Waals surface area contributed by atoms with Gasteiger partial charge in [0.1, 0.15) is 0 Å². The minimum absolute atomic E-state index is 0.0819. The molecular weight excluding hydrogens is 488 g/mol. The molecule has 2 aromatic heterocycles. The molecule has 39 heavy (non-hydrogen) atoms. The summed E-state index contributed by atoms with van der Waals surface area (Å²) < 4.78 is 6.00. The summed E-state index contributed by atoms with van der Waals surface area (Å²) in [5.41, 5.74) is 6.51. The second-order valence-electron chi connectivity index (χ2n) is 8.86. The average molecular weight is 511 g/mol. The molecule has 0 atom stereocenters. The molecule has 0 fully saturated rings. The van der Waals surface area contributed by atoms with Gasteiger partial charge in [-0.2, -0.15) is 20.4 Å². The van der Waals surface area contributed by atoms with Gasteiger partial charge in [-0.1, -0.05) is 60.7 Å². The Kier molecular flexibility index (Phi) is 6.37. The molecule has 2 heterocycles. The summed E-state index contributed by atoms with van der Waals surface area (Å²) in [5.74, 6) is 0.162. The van der Waals surface area contributed by atoms with Gasteiger partial charge in [-0.05, 0) is 59.7 Å². The highest BCUT2D eigenvalue weighted by Gasteiger charge is 2.14. The van der Waals surface area contributed by atoms with Gasteiger partial charge in [-0.25, -0.2) is 0 Å². The topological polar surface area (TPSA) is 101 Å². The van der Waals surface area contributed by atoms with Gasteiger partial charge in [-0.15, -0.1) is 0 Å². The van der Waals surface area contributed by atoms with E-state index < -0.39 is 0 Å². The first-order valence-corrected chi connectivity index (χ1v) is 12.2. The Morgan fingerprint density at radius 1 is 0.436 bits per heavy atom. The highest BCUT2D eigenvalue weighted by molar-refractivity contribution is 5.73. The second kappa shape index (κ2) is 10.4. The van der Waals surface area contributed by atoms with Crippen molar-refractivity contribution in [3.8, 4) is 67.8 Å². The molecule has 0 aliphatic rings. The Morgan fingerprint density at radius 3 is 1.31 bits per heavy atom. The lowest BCUT2D eigenvalue weighted by Gasteiger charge is -2.12. The van der Waals surface area contributed by atoms with Crippen LogP contribution in [0.1, 0.15) is 0 Å². The Balaban J connectivity index is 1.31. The molecule has 0 saturated heterocycles. The van der Waals surface area contributed by atoms with Gasteiger partial charge in [0.15, 0.2) is 23.0 Å². The van der Waals surface area contributed by atoms with E-state index in [-0.39, 0.29) is 23.0 Å². The van der Waals surface area contributed by atoms with Crippen LogP contribution in [0, 0.1) is 0 Å². The lowest BCUT2D eigenvalue weighted by molar-refractivity contribution is 0.385. The molecular formula is C32H22N4O3. The number of benzene rings is 4. The highest BCUT2D eigenvalue weighted by atomic mass is 16.5. The number of aromatic nitrogens is 4. The third-order valence-electron chi connectivity index (χ3n) is 6.25. The maximum Gasteiger partial charge on any atom is 0.169 e. The fourth-order valence-corrected chi connectivity index (χ4v) is 4.22. The van der Waals surface area contributed by atoms with E-state index in [2.05, 4.69) is 20.4 Å². The predicted molar refractivity (Wildman–Crippen MR) is 149 cm³/mol. The van der Waals surface area contributed by atoms with Gasteiger partial charge < -0.3 is 14.9 Å². The Bertz CT molecular complexity index is 1630. The molecule has 0 aliphatic carbocycles. The largest absolute Gasteiger partial charge is 0.504 e. The van der Waals surface area contributed by atoms with Crippen molar-refractivity contribution in [3.05, 3.63) is 122 Å². The normalized spacial score (nSPS) is 10.8. The molecule has 6 rings (SSSR count). The molecule has 7 nitrogen and oxygen atoms in total. The van der Waals surface area contributed by atoms with Crippen molar-refractivity contribution >= 4 is 0 Å². The average Bonchev–Trinajstić information content (AvgIpc) is 3.00. The molecule has 2 N–H and O–H groups in total. The minimum Gasteiger partial charge on any atom is -0.504 e. The first-order valence-electron chi connectivity index (χ1n) is 12.2. The number of ether oxygens (including phenoxy) is 1. The maximum atomic E-state index is 10.6. The summed E-state index contributed by atoms with van der Waals surface area (Å²) in [6.45, 7) is 0. The van der Waals surface area contributed by atoms with Crippen LogP contribution in [0.5, 0.6) is 23.0 Å². The van der Waals surface area contributed by atoms with Crippen molar-refractivity contribution in [2.45, 2.75) is 0 Å². The number of rotatable bonds is 6. The highest BCUT2D eigenvalue weighted by Crippen LogP contribution is 2.40. The van der Waals surface area contributed by atoms with Crippen LogP contribution in [0.25, 0.3) is 44.8 Å². The zero-order valence-corrected chi connectivity index (χ0v) is 20.6. The van der Waals surface area contributed by atoms with Gasteiger partial charge in [0, 0.05) is 22.3 Å². The Labute approximate surface area is 224 Å². The summed E-state index contributed by atoms with van der Waals surface area (Å²) in [7, 11) is 0. The summed E-state index contributed by atoms with van der Waals surface area (Å²) >= 11 is 0. The third-order valence-corrected chi connectivity index (χ3v) is 6.25. The minimum atomic E-state index is -0.0819. The van der Waals surface area contributed by atoms with Crippen LogP contribution in [-0.4, -0.2) is 30.6 Å². The standard InChI is InChI=1S/C32H22N4O3/c37-29-13-11-23(27-15-25(19-33-35-27)21-7-3-1-4-8-21)17-31(29)39-32-18-24(12-14-30(32)38)28-16-26(20-34-36-28)22-9-5-2-6-10-22/h1-20,37-38H. The zero-order valence-electron chi connectivity index (χ0n) is 20.6. The third kappa shape index (κ3) is 5.14. The summed E-state index contributed by atoms with van der Waals surface area (Å²) in [4.78, 5) is 0. The number of nitrogens with zero attached hydrogens (tertiary/aromatic N) is 4. The van der Waals surface area contributed by atoms with Crippen LogP contribution < -0.4 is 4.74 Å². The van der Waals surface area contributed by atoms with Crippen LogP contribution >= 0.6 is 0 Å². The Morgan fingerprint density at radius 2 is 0.872 bits per heavy atom. The fraction of sp³-hybridized carbons (Fsp3) is 0. The van der Waals surface area contributed by atoms with E-state index in [0.29, 0.717) is 22.5 Å². The van der Waals surface area contributed by atoms with E-state index in [1.54, 1.807) is 36.7 Å². The number of phenolic OH excluding ortho intramolecular Hbond substituents is 2. The van der Waals surface area contributed by atoms with Gasteiger partial charge in [-0.3, -0.25) is 0 Å². The molecule has 7 heteroatoms. The number of hydrogen-bond acceptors (Lipinski definition) is 7. The van der Waals surface area contributed by atoms with E-state index in [1.165, 1.54) is 12.1 Å². The van der Waals surface area contributed by atoms with E-state index in [0.717, 1.165) is 22.3 Å². The maximum absolute atomic E-state index is 10.6. The zero-order chi connectivity index (χ0) is 26.6. The molecule has 188 valence electrons. The molecule has 0 bridgehead atoms. The van der Waals surface area contributed by atoms with Crippen molar-refractivity contribution in [2.75, 3.05) is 0 Å². The van der Waals surface area contributed by atoms with Gasteiger partial charge in [0.25, 0.3) is 0 Å². The molecule has 6 aromatic rings. The van der Waals surface area contributed by atoms with E-state index >= 15 is 0 Å². The van der Waals surface area contributed by atoms with Crippen molar-refractivity contribution < 1.29 is 14.9 Å². The lowest BCUT2D eigenvalue weighted by Crippen LogP contribution is -1.93. The van der Waals surface area contributed by atoms with E-state index in [9.17, 15) is 10.2 Å². The SMILES string of the molecule is Oc1ccc(-c2cc(-c3ccccc3)cnn2)cc1Oc1cc(-c2cc(-c3ccccc3)cnn2)ccc1O. The van der Waals surface area contributed by atoms with Gasteiger partial charge >= 0.3 is 0 Å². The quantitative estimate of drug-likeness (QED) is 0.246. The fourth-order valence-electron chi connectivity index (χ4n) is 4.22. The summed E-state index contributed by atoms with van der Waals surface area (Å²) in [6, 6.07) is 33.5. The first-order chi connectivity index (χ1) is 19.1. The molecule has 0 unspecified atom stereocenters. The first kappa shape index (κ1) is 23.8. The van der Waals surface area contributed by atoms with Crippen LogP contribution in [0.4, 0.5) is 0 Å². The molecule has 0 radical (unpaired) electrons. The predicted octanol–water partition coefficient (Wildman–Crippen LogP) is 7.14. The smallest absolute Gasteiger partial charge is 0.169 e. The number of hydrogen-bond donors (Lipinski definition) is 2. The molecule has 0 spiro atoms. The summed E-state index contributed by atoms with van der Waals surface area (Å²) in [5, 5.41) is 37.9. The van der Waals surface area contributed by atoms with Crippen molar-refractivity contribution in [3.63, 3.8) is 0 Å². The Hall–Kier alpha value is -5.56. The van der Waals surface area contributed by atoms with E-state index in [4.69, 9.17) is 4.74 Å². The van der Waals surface area contributed by atoms with Gasteiger partial charge in [0.2, 0.25) is 0 Å². The number of aromatic hydroxyl groups is 2. The molecule has 0 aliphatic heterocycles. The van der Waals surface area contributed by atoms with E-state index in [1.807, 2.05) is 72.8 Å². The number of phenols is 2. The lowest BCUT2D eigenvalue weighted by atomic mass is 10.0. The van der Waals surface area contributed by atoms with Crippen molar-refractivity contribution in [1.29, 1.82) is 0 Å². The van der Waals surface area contributed by atoms with Crippen LogP contribution in [0.3, 0.4) is 0 Å². The molecule has 4 aromatic carbocycles. The van der Waals surface area contributed by atoms with Crippen LogP contribution in [0.15, 0.2) is 122 Å². The van der Waals surface area contributed by atoms with Crippen molar-refractivity contribution in [1.82, 2.24) is 20.4 Å². The molecule has 0 saturated carbocycles. The van der Waals surface area contributed by atoms with Crippen LogP contribution in [-0.2, 0) is 0 Å². The van der Waals surface area contributed by atoms with Crippen molar-refractivity contribution in [2.24, 2.45) is 0 Å².